The number of benzene rings is 1. The van der Waals surface area contributed by atoms with Crippen molar-refractivity contribution in [3.8, 4) is 5.75 Å². The Labute approximate surface area is 126 Å². The minimum atomic E-state index is -0.144. The number of methoxy groups -OCH3 is 1. The Bertz CT molecular complexity index is 504. The van der Waals surface area contributed by atoms with Crippen molar-refractivity contribution in [3.05, 3.63) is 23.3 Å². The molecule has 1 fully saturated rings. The summed E-state index contributed by atoms with van der Waals surface area (Å²) < 4.78 is 5.52. The van der Waals surface area contributed by atoms with E-state index in [4.69, 9.17) is 10.5 Å². The molecule has 1 aliphatic heterocycles. The summed E-state index contributed by atoms with van der Waals surface area (Å²) in [7, 11) is 1.70. The predicted molar refractivity (Wildman–Crippen MR) is 84.7 cm³/mol. The molecular weight excluding hydrogens is 264 g/mol. The van der Waals surface area contributed by atoms with Gasteiger partial charge in [-0.25, -0.2) is 0 Å². The molecule has 3 rings (SSSR count). The average molecular weight is 290 g/mol. The van der Waals surface area contributed by atoms with Crippen molar-refractivity contribution in [3.63, 3.8) is 0 Å². The molecule has 2 aliphatic rings. The van der Waals surface area contributed by atoms with Crippen molar-refractivity contribution < 1.29 is 9.84 Å². The quantitative estimate of drug-likeness (QED) is 0.646. The Hall–Kier alpha value is -1.26. The van der Waals surface area contributed by atoms with Crippen LogP contribution in [-0.4, -0.2) is 42.4 Å². The van der Waals surface area contributed by atoms with E-state index in [0.717, 1.165) is 63.1 Å². The number of nitrogen functional groups attached to an aromatic ring is 1. The third-order valence-electron chi connectivity index (χ3n) is 5.01. The van der Waals surface area contributed by atoms with Crippen LogP contribution in [0.1, 0.15) is 36.8 Å². The van der Waals surface area contributed by atoms with Crippen LogP contribution in [0.4, 0.5) is 5.69 Å². The van der Waals surface area contributed by atoms with E-state index in [1.165, 1.54) is 11.1 Å². The molecule has 1 saturated heterocycles. The Morgan fingerprint density at radius 2 is 2.05 bits per heavy atom. The number of nitrogens with two attached hydrogens (primary N) is 1. The first-order valence-electron chi connectivity index (χ1n) is 8.05. The summed E-state index contributed by atoms with van der Waals surface area (Å²) in [5, 5.41) is 9.89. The van der Waals surface area contributed by atoms with E-state index in [-0.39, 0.29) is 6.10 Å². The van der Waals surface area contributed by atoms with Crippen LogP contribution in [0.25, 0.3) is 0 Å². The molecule has 21 heavy (non-hydrogen) atoms. The number of rotatable bonds is 2. The lowest BCUT2D eigenvalue weighted by Crippen LogP contribution is -2.44. The first-order chi connectivity index (χ1) is 10.2. The lowest BCUT2D eigenvalue weighted by atomic mass is 10.0. The van der Waals surface area contributed by atoms with Gasteiger partial charge >= 0.3 is 0 Å². The van der Waals surface area contributed by atoms with Crippen LogP contribution in [-0.2, 0) is 12.8 Å². The minimum Gasteiger partial charge on any atom is -0.494 e. The molecule has 0 saturated carbocycles. The maximum Gasteiger partial charge on any atom is 0.145 e. The Morgan fingerprint density at radius 3 is 2.81 bits per heavy atom. The summed E-state index contributed by atoms with van der Waals surface area (Å²) >= 11 is 0. The molecule has 0 radical (unpaired) electrons. The zero-order valence-electron chi connectivity index (χ0n) is 12.8. The fourth-order valence-electron chi connectivity index (χ4n) is 3.89. The van der Waals surface area contributed by atoms with E-state index in [2.05, 4.69) is 11.0 Å². The lowest BCUT2D eigenvalue weighted by molar-refractivity contribution is 0.0425. The number of anilines is 1. The smallest absolute Gasteiger partial charge is 0.145 e. The van der Waals surface area contributed by atoms with E-state index in [1.807, 2.05) is 6.07 Å². The molecule has 0 bridgehead atoms. The molecule has 1 aromatic rings. The number of aliphatic hydroxyl groups is 1. The monoisotopic (exact) mass is 290 g/mol. The topological polar surface area (TPSA) is 58.7 Å². The molecule has 2 unspecified atom stereocenters. The molecule has 116 valence electrons. The van der Waals surface area contributed by atoms with Crippen LogP contribution in [0, 0.1) is 0 Å². The van der Waals surface area contributed by atoms with Crippen LogP contribution < -0.4 is 10.5 Å². The van der Waals surface area contributed by atoms with Gasteiger partial charge in [0, 0.05) is 12.6 Å². The molecule has 4 nitrogen and oxygen atoms in total. The normalized spacial score (nSPS) is 27.0. The highest BCUT2D eigenvalue weighted by Crippen LogP contribution is 2.35. The number of aryl methyl sites for hydroxylation is 1. The van der Waals surface area contributed by atoms with Gasteiger partial charge < -0.3 is 15.6 Å². The zero-order chi connectivity index (χ0) is 14.8. The SMILES string of the molecule is COc1c(N)ccc2c1CCC(N1CCCC(O)C1)CC2. The molecule has 0 spiro atoms. The molecule has 1 heterocycles. The summed E-state index contributed by atoms with van der Waals surface area (Å²) in [5.41, 5.74) is 9.44. The van der Waals surface area contributed by atoms with Gasteiger partial charge in [0.25, 0.3) is 0 Å². The van der Waals surface area contributed by atoms with Gasteiger partial charge in [-0.2, -0.15) is 0 Å². The second-order valence-electron chi connectivity index (χ2n) is 6.35. The minimum absolute atomic E-state index is 0.144. The number of hydrogen-bond donors (Lipinski definition) is 2. The second kappa shape index (κ2) is 6.24. The van der Waals surface area contributed by atoms with Gasteiger partial charge in [0.05, 0.1) is 18.9 Å². The van der Waals surface area contributed by atoms with Crippen molar-refractivity contribution in [2.24, 2.45) is 0 Å². The Morgan fingerprint density at radius 1 is 1.24 bits per heavy atom. The van der Waals surface area contributed by atoms with Crippen LogP contribution in [0.3, 0.4) is 0 Å². The highest BCUT2D eigenvalue weighted by atomic mass is 16.5. The first kappa shape index (κ1) is 14.7. The number of nitrogens with zero attached hydrogens (tertiary/aromatic N) is 1. The summed E-state index contributed by atoms with van der Waals surface area (Å²) in [6.45, 7) is 1.96. The number of β-amino-alcohol motifs (C(OH)–C–C–N with tert-alkyl or cyclic N) is 1. The van der Waals surface area contributed by atoms with Gasteiger partial charge in [-0.15, -0.1) is 0 Å². The third kappa shape index (κ3) is 3.01. The fourth-order valence-corrected chi connectivity index (χ4v) is 3.89. The van der Waals surface area contributed by atoms with Gasteiger partial charge in [0.2, 0.25) is 0 Å². The van der Waals surface area contributed by atoms with Crippen LogP contribution in [0.2, 0.25) is 0 Å². The van der Waals surface area contributed by atoms with Crippen molar-refractivity contribution in [1.82, 2.24) is 4.90 Å². The summed E-state index contributed by atoms with van der Waals surface area (Å²) in [5.74, 6) is 0.867. The molecule has 1 aliphatic carbocycles. The maximum atomic E-state index is 9.89. The van der Waals surface area contributed by atoms with Crippen LogP contribution >= 0.6 is 0 Å². The summed E-state index contributed by atoms with van der Waals surface area (Å²) in [6.07, 6.45) is 6.29. The molecule has 1 aromatic carbocycles. The molecule has 0 amide bonds. The molecule has 3 N–H and O–H groups in total. The van der Waals surface area contributed by atoms with Crippen molar-refractivity contribution in [2.75, 3.05) is 25.9 Å². The van der Waals surface area contributed by atoms with Crippen molar-refractivity contribution >= 4 is 5.69 Å². The predicted octanol–water partition coefficient (Wildman–Crippen LogP) is 1.98. The number of hydrogen-bond acceptors (Lipinski definition) is 4. The van der Waals surface area contributed by atoms with E-state index in [1.54, 1.807) is 7.11 Å². The van der Waals surface area contributed by atoms with E-state index in [0.29, 0.717) is 6.04 Å². The van der Waals surface area contributed by atoms with Crippen molar-refractivity contribution in [1.29, 1.82) is 0 Å². The highest BCUT2D eigenvalue weighted by molar-refractivity contribution is 5.59. The Balaban J connectivity index is 1.76. The number of ether oxygens (including phenoxy) is 1. The molecule has 4 heteroatoms. The molecule has 2 atom stereocenters. The summed E-state index contributed by atoms with van der Waals surface area (Å²) in [6, 6.07) is 4.68. The van der Waals surface area contributed by atoms with E-state index in [9.17, 15) is 5.11 Å². The van der Waals surface area contributed by atoms with Crippen LogP contribution in [0.15, 0.2) is 12.1 Å². The van der Waals surface area contributed by atoms with E-state index < -0.39 is 0 Å². The van der Waals surface area contributed by atoms with Gasteiger partial charge in [0.1, 0.15) is 5.75 Å². The van der Waals surface area contributed by atoms with Gasteiger partial charge in [-0.1, -0.05) is 6.07 Å². The van der Waals surface area contributed by atoms with Crippen LogP contribution in [0.5, 0.6) is 5.75 Å². The standard InChI is InChI=1S/C17H26N2O2/c1-21-17-15-8-7-13(19-10-2-3-14(20)11-19)6-4-12(15)5-9-16(17)18/h5,9,13-14,20H,2-4,6-8,10-11,18H2,1H3. The van der Waals surface area contributed by atoms with Gasteiger partial charge in [-0.3, -0.25) is 4.90 Å². The van der Waals surface area contributed by atoms with Gasteiger partial charge in [-0.05, 0) is 62.3 Å². The number of likely N-dealkylation sites (tertiary alicyclic amines) is 1. The number of fused-ring (bicyclic) bond motifs is 1. The first-order valence-corrected chi connectivity index (χ1v) is 8.05. The zero-order valence-corrected chi connectivity index (χ0v) is 12.8. The Kier molecular flexibility index (Phi) is 4.36. The van der Waals surface area contributed by atoms with Crippen molar-refractivity contribution in [2.45, 2.75) is 50.7 Å². The highest BCUT2D eigenvalue weighted by Gasteiger charge is 2.27. The maximum absolute atomic E-state index is 9.89. The second-order valence-corrected chi connectivity index (χ2v) is 6.35. The van der Waals surface area contributed by atoms with Gasteiger partial charge in [0.15, 0.2) is 0 Å². The lowest BCUT2D eigenvalue weighted by Gasteiger charge is -2.36. The molecule has 0 aromatic heterocycles. The largest absolute Gasteiger partial charge is 0.494 e. The molecular formula is C17H26N2O2. The fraction of sp³-hybridized carbons (Fsp3) is 0.647. The summed E-state index contributed by atoms with van der Waals surface area (Å²) in [4.78, 5) is 2.48. The van der Waals surface area contributed by atoms with E-state index >= 15 is 0 Å². The third-order valence-corrected chi connectivity index (χ3v) is 5.01. The average Bonchev–Trinajstić information content (AvgIpc) is 2.70. The number of piperidine rings is 1. The number of aliphatic hydroxyl groups excluding tert-OH is 1.